The van der Waals surface area contributed by atoms with Crippen molar-refractivity contribution in [3.63, 3.8) is 0 Å². The third-order valence-electron chi connectivity index (χ3n) is 14.0. The Kier molecular flexibility index (Phi) is 10.0. The summed E-state index contributed by atoms with van der Waals surface area (Å²) in [5.41, 5.74) is 21.7. The molecule has 0 bridgehead atoms. The van der Waals surface area contributed by atoms with E-state index < -0.39 is 0 Å². The molecule has 11 aromatic carbocycles. The fourth-order valence-corrected chi connectivity index (χ4v) is 10.4. The Morgan fingerprint density at radius 2 is 0.701 bits per heavy atom. The number of hydrogen-bond acceptors (Lipinski definition) is 1. The smallest absolute Gasteiger partial charge is 0.0467 e. The van der Waals surface area contributed by atoms with E-state index in [1.807, 2.05) is 0 Å². The van der Waals surface area contributed by atoms with Crippen LogP contribution in [0.2, 0.25) is 0 Å². The molecule has 316 valence electrons. The highest BCUT2D eigenvalue weighted by molar-refractivity contribution is 5.94. The lowest BCUT2D eigenvalue weighted by atomic mass is 9.74. The summed E-state index contributed by atoms with van der Waals surface area (Å²) in [5.74, 6) is 0. The zero-order valence-corrected chi connectivity index (χ0v) is 37.4. The Labute approximate surface area is 393 Å². The number of rotatable bonds is 9. The van der Waals surface area contributed by atoms with Crippen LogP contribution in [0.25, 0.3) is 77.5 Å². The number of anilines is 3. The van der Waals surface area contributed by atoms with Gasteiger partial charge in [0.2, 0.25) is 0 Å². The van der Waals surface area contributed by atoms with Crippen molar-refractivity contribution in [2.45, 2.75) is 12.3 Å². The Balaban J connectivity index is 0.910. The molecule has 0 radical (unpaired) electrons. The maximum atomic E-state index is 2.38. The molecule has 0 saturated heterocycles. The molecule has 0 heterocycles. The van der Waals surface area contributed by atoms with Gasteiger partial charge in [-0.3, -0.25) is 0 Å². The van der Waals surface area contributed by atoms with Crippen LogP contribution in [0.3, 0.4) is 0 Å². The molecule has 67 heavy (non-hydrogen) atoms. The van der Waals surface area contributed by atoms with Gasteiger partial charge >= 0.3 is 0 Å². The van der Waals surface area contributed by atoms with Crippen LogP contribution < -0.4 is 4.90 Å². The zero-order chi connectivity index (χ0) is 44.7. The van der Waals surface area contributed by atoms with Gasteiger partial charge in [0.1, 0.15) is 0 Å². The summed E-state index contributed by atoms with van der Waals surface area (Å²) >= 11 is 0. The third-order valence-corrected chi connectivity index (χ3v) is 14.0. The Hall–Kier alpha value is -8.52. The molecule has 1 unspecified atom stereocenters. The van der Waals surface area contributed by atoms with E-state index in [0.717, 1.165) is 17.1 Å². The first kappa shape index (κ1) is 40.0. The Bertz CT molecular complexity index is 3540. The van der Waals surface area contributed by atoms with Gasteiger partial charge < -0.3 is 4.90 Å². The SMILES string of the molecule is CC1(c2ccccc2)c2ccccc2-c2c(-c3ccc(N(c4ccc(-c5ccc(-c6ccc7ccccc7c6)cc5)cc4)c4cccc(-c5ccc(-c6ccccc6)cc5)c4)cc3)cccc21. The van der Waals surface area contributed by atoms with Crippen molar-refractivity contribution in [2.24, 2.45) is 0 Å². The van der Waals surface area contributed by atoms with Gasteiger partial charge in [-0.1, -0.05) is 224 Å². The third kappa shape index (κ3) is 7.23. The lowest BCUT2D eigenvalue weighted by Crippen LogP contribution is -2.22. The van der Waals surface area contributed by atoms with Crippen LogP contribution in [0, 0.1) is 0 Å². The standard InChI is InChI=1S/C66H47N/c1-66(57-19-6-3-7-20-57)63-24-11-10-22-62(63)65-61(23-13-25-64(65)66)53-38-42-59(43-39-53)67(60-21-12-18-55(45-60)51-30-26-48(27-31-51)46-14-4-2-5-15-46)58-40-36-50(37-41-58)49-28-32-52(33-29-49)56-35-34-47-16-8-9-17-54(47)44-56/h2-45H,1H3. The molecule has 0 fully saturated rings. The average Bonchev–Trinajstić information content (AvgIpc) is 3.68. The van der Waals surface area contributed by atoms with Crippen molar-refractivity contribution in [3.05, 3.63) is 284 Å². The zero-order valence-electron chi connectivity index (χ0n) is 37.4. The molecule has 0 N–H and O–H groups in total. The molecule has 12 rings (SSSR count). The van der Waals surface area contributed by atoms with Gasteiger partial charge in [-0.2, -0.15) is 0 Å². The maximum Gasteiger partial charge on any atom is 0.0467 e. The first-order valence-corrected chi connectivity index (χ1v) is 23.2. The maximum absolute atomic E-state index is 2.38. The number of hydrogen-bond donors (Lipinski definition) is 0. The molecule has 1 aliphatic rings. The van der Waals surface area contributed by atoms with Crippen molar-refractivity contribution >= 4 is 27.8 Å². The van der Waals surface area contributed by atoms with Crippen molar-refractivity contribution in [2.75, 3.05) is 4.90 Å². The Morgan fingerprint density at radius 3 is 1.36 bits per heavy atom. The summed E-state index contributed by atoms with van der Waals surface area (Å²) in [5, 5.41) is 2.51. The van der Waals surface area contributed by atoms with Gasteiger partial charge in [0.05, 0.1) is 0 Å². The van der Waals surface area contributed by atoms with E-state index in [4.69, 9.17) is 0 Å². The van der Waals surface area contributed by atoms with Crippen LogP contribution in [0.5, 0.6) is 0 Å². The van der Waals surface area contributed by atoms with Crippen LogP contribution in [0.4, 0.5) is 17.1 Å². The van der Waals surface area contributed by atoms with Crippen LogP contribution in [0.1, 0.15) is 23.6 Å². The lowest BCUT2D eigenvalue weighted by molar-refractivity contribution is 0.714. The van der Waals surface area contributed by atoms with Crippen molar-refractivity contribution in [1.82, 2.24) is 0 Å². The summed E-state index contributed by atoms with van der Waals surface area (Å²) in [7, 11) is 0. The summed E-state index contributed by atoms with van der Waals surface area (Å²) in [4.78, 5) is 2.38. The summed E-state index contributed by atoms with van der Waals surface area (Å²) < 4.78 is 0. The molecule has 1 atom stereocenters. The average molecular weight is 854 g/mol. The largest absolute Gasteiger partial charge is 0.310 e. The van der Waals surface area contributed by atoms with Crippen LogP contribution in [-0.2, 0) is 5.41 Å². The fraction of sp³-hybridized carbons (Fsp3) is 0.0303. The molecule has 11 aromatic rings. The Morgan fingerprint density at radius 1 is 0.269 bits per heavy atom. The van der Waals surface area contributed by atoms with E-state index in [-0.39, 0.29) is 5.41 Å². The molecule has 0 amide bonds. The van der Waals surface area contributed by atoms with Gasteiger partial charge in [0.15, 0.2) is 0 Å². The van der Waals surface area contributed by atoms with Gasteiger partial charge in [-0.25, -0.2) is 0 Å². The monoisotopic (exact) mass is 853 g/mol. The predicted octanol–water partition coefficient (Wildman–Crippen LogP) is 18.0. The second kappa shape index (κ2) is 16.8. The normalized spacial score (nSPS) is 13.8. The van der Waals surface area contributed by atoms with Crippen LogP contribution in [0.15, 0.2) is 267 Å². The summed E-state index contributed by atoms with van der Waals surface area (Å²) in [6, 6.07) is 97.6. The van der Waals surface area contributed by atoms with E-state index in [0.29, 0.717) is 0 Å². The van der Waals surface area contributed by atoms with Gasteiger partial charge in [-0.05, 0) is 144 Å². The molecule has 1 heteroatoms. The fourth-order valence-electron chi connectivity index (χ4n) is 10.4. The first-order chi connectivity index (χ1) is 33.1. The van der Waals surface area contributed by atoms with E-state index in [9.17, 15) is 0 Å². The molecule has 0 spiro atoms. The first-order valence-electron chi connectivity index (χ1n) is 23.2. The number of nitrogens with zero attached hydrogens (tertiary/aromatic N) is 1. The van der Waals surface area contributed by atoms with Crippen LogP contribution >= 0.6 is 0 Å². The minimum absolute atomic E-state index is 0.252. The minimum Gasteiger partial charge on any atom is -0.310 e. The quantitative estimate of drug-likeness (QED) is 0.140. The lowest BCUT2D eigenvalue weighted by Gasteiger charge is -2.28. The molecule has 0 aliphatic heterocycles. The highest BCUT2D eigenvalue weighted by atomic mass is 15.1. The van der Waals surface area contributed by atoms with Gasteiger partial charge in [0, 0.05) is 22.5 Å². The summed E-state index contributed by atoms with van der Waals surface area (Å²) in [6.07, 6.45) is 0. The molecule has 1 aliphatic carbocycles. The molecular weight excluding hydrogens is 807 g/mol. The van der Waals surface area contributed by atoms with Crippen molar-refractivity contribution < 1.29 is 0 Å². The predicted molar refractivity (Wildman–Crippen MR) is 283 cm³/mol. The minimum atomic E-state index is -0.252. The van der Waals surface area contributed by atoms with E-state index in [1.165, 1.54) is 94.2 Å². The van der Waals surface area contributed by atoms with Gasteiger partial charge in [0.25, 0.3) is 0 Å². The second-order valence-electron chi connectivity index (χ2n) is 17.8. The van der Waals surface area contributed by atoms with Crippen LogP contribution in [-0.4, -0.2) is 0 Å². The number of fused-ring (bicyclic) bond motifs is 4. The van der Waals surface area contributed by atoms with E-state index in [2.05, 4.69) is 279 Å². The topological polar surface area (TPSA) is 3.24 Å². The highest BCUT2D eigenvalue weighted by Gasteiger charge is 2.41. The molecule has 0 saturated carbocycles. The van der Waals surface area contributed by atoms with Crippen molar-refractivity contribution in [1.29, 1.82) is 0 Å². The number of benzene rings is 11. The molecular formula is C66H47N. The van der Waals surface area contributed by atoms with E-state index >= 15 is 0 Å². The molecule has 0 aromatic heterocycles. The van der Waals surface area contributed by atoms with E-state index in [1.54, 1.807) is 0 Å². The van der Waals surface area contributed by atoms with Gasteiger partial charge in [-0.15, -0.1) is 0 Å². The second-order valence-corrected chi connectivity index (χ2v) is 17.8. The molecule has 1 nitrogen and oxygen atoms in total. The highest BCUT2D eigenvalue weighted by Crippen LogP contribution is 2.55. The summed E-state index contributed by atoms with van der Waals surface area (Å²) in [6.45, 7) is 2.38. The van der Waals surface area contributed by atoms with Crippen molar-refractivity contribution in [3.8, 4) is 66.8 Å².